The number of esters is 1. The molecule has 0 spiro atoms. The Hall–Kier alpha value is -3.78. The van der Waals surface area contributed by atoms with Crippen LogP contribution in [0, 0.1) is 0 Å². The Bertz CT molecular complexity index is 1320. The van der Waals surface area contributed by atoms with E-state index in [-0.39, 0.29) is 12.5 Å². The molecule has 2 aromatic heterocycles. The minimum absolute atomic E-state index is 0.254. The van der Waals surface area contributed by atoms with Crippen molar-refractivity contribution >= 4 is 45.0 Å². The fourth-order valence-electron chi connectivity index (χ4n) is 3.12. The molecule has 4 aromatic rings. The lowest BCUT2D eigenvalue weighted by Crippen LogP contribution is -2.22. The molecule has 0 fully saturated rings. The number of benzene rings is 2. The van der Waals surface area contributed by atoms with E-state index in [1.165, 1.54) is 23.2 Å². The van der Waals surface area contributed by atoms with Gasteiger partial charge in [-0.1, -0.05) is 18.2 Å². The standard InChI is InChI=1S/C23H18N2O5S/c1-3-29-21(27)15-8-10-17(11-9-15)25(14(2)26)23-24-19(13-31-23)18-12-16-6-4-5-7-20(16)30-22(18)28/h4-13H,3H2,1-2H3. The van der Waals surface area contributed by atoms with E-state index in [1.54, 1.807) is 54.8 Å². The van der Waals surface area contributed by atoms with Crippen LogP contribution in [0.2, 0.25) is 0 Å². The first kappa shape index (κ1) is 20.5. The van der Waals surface area contributed by atoms with E-state index in [0.29, 0.717) is 33.2 Å². The summed E-state index contributed by atoms with van der Waals surface area (Å²) in [7, 11) is 0. The number of thiazole rings is 1. The number of carbonyl (C=O) groups excluding carboxylic acids is 2. The number of para-hydroxylation sites is 1. The van der Waals surface area contributed by atoms with Gasteiger partial charge in [0.05, 0.1) is 29.1 Å². The number of hydrogen-bond donors (Lipinski definition) is 0. The van der Waals surface area contributed by atoms with Crippen LogP contribution in [0.25, 0.3) is 22.2 Å². The Balaban J connectivity index is 1.69. The molecule has 0 aliphatic rings. The lowest BCUT2D eigenvalue weighted by atomic mass is 10.1. The Morgan fingerprint density at radius 3 is 2.58 bits per heavy atom. The van der Waals surface area contributed by atoms with Crippen LogP contribution in [0.4, 0.5) is 10.8 Å². The van der Waals surface area contributed by atoms with Gasteiger partial charge in [0.25, 0.3) is 0 Å². The number of rotatable bonds is 5. The van der Waals surface area contributed by atoms with Crippen molar-refractivity contribution in [1.29, 1.82) is 0 Å². The second-order valence-corrected chi connectivity index (χ2v) is 7.46. The summed E-state index contributed by atoms with van der Waals surface area (Å²) in [4.78, 5) is 42.6. The normalized spacial score (nSPS) is 10.8. The van der Waals surface area contributed by atoms with E-state index in [9.17, 15) is 14.4 Å². The number of hydrogen-bond acceptors (Lipinski definition) is 7. The third-order valence-corrected chi connectivity index (χ3v) is 5.38. The van der Waals surface area contributed by atoms with Gasteiger partial charge in [0, 0.05) is 17.7 Å². The molecule has 4 rings (SSSR count). The summed E-state index contributed by atoms with van der Waals surface area (Å²) < 4.78 is 10.4. The SMILES string of the molecule is CCOC(=O)c1ccc(N(C(C)=O)c2nc(-c3cc4ccccc4oc3=O)cs2)cc1. The number of amides is 1. The van der Waals surface area contributed by atoms with Gasteiger partial charge in [-0.2, -0.15) is 0 Å². The van der Waals surface area contributed by atoms with Crippen LogP contribution in [0.1, 0.15) is 24.2 Å². The molecule has 8 heteroatoms. The van der Waals surface area contributed by atoms with Crippen LogP contribution in [0.15, 0.2) is 69.2 Å². The van der Waals surface area contributed by atoms with Crippen LogP contribution >= 0.6 is 11.3 Å². The Kier molecular flexibility index (Phi) is 5.64. The van der Waals surface area contributed by atoms with Gasteiger partial charge >= 0.3 is 11.6 Å². The number of fused-ring (bicyclic) bond motifs is 1. The molecule has 1 amide bonds. The summed E-state index contributed by atoms with van der Waals surface area (Å²) >= 11 is 1.23. The number of ether oxygens (including phenoxy) is 1. The highest BCUT2D eigenvalue weighted by atomic mass is 32.1. The number of nitrogens with zero attached hydrogens (tertiary/aromatic N) is 2. The molecule has 156 valence electrons. The highest BCUT2D eigenvalue weighted by Crippen LogP contribution is 2.32. The Morgan fingerprint density at radius 2 is 1.87 bits per heavy atom. The van der Waals surface area contributed by atoms with Crippen molar-refractivity contribution in [2.75, 3.05) is 11.5 Å². The van der Waals surface area contributed by atoms with Gasteiger partial charge in [-0.05, 0) is 43.3 Å². The molecular formula is C23H18N2O5S. The first-order valence-electron chi connectivity index (χ1n) is 9.54. The van der Waals surface area contributed by atoms with Crippen LogP contribution in [-0.2, 0) is 9.53 Å². The molecule has 0 unspecified atom stereocenters. The average Bonchev–Trinajstić information content (AvgIpc) is 3.23. The van der Waals surface area contributed by atoms with E-state index in [2.05, 4.69) is 4.98 Å². The van der Waals surface area contributed by atoms with Crippen molar-refractivity contribution in [2.45, 2.75) is 13.8 Å². The summed E-state index contributed by atoms with van der Waals surface area (Å²) in [5, 5.41) is 2.89. The summed E-state index contributed by atoms with van der Waals surface area (Å²) in [6, 6.07) is 15.4. The van der Waals surface area contributed by atoms with Gasteiger partial charge in [-0.15, -0.1) is 11.3 Å². The predicted octanol–water partition coefficient (Wildman–Crippen LogP) is 4.78. The van der Waals surface area contributed by atoms with Gasteiger partial charge in [-0.3, -0.25) is 9.69 Å². The maximum absolute atomic E-state index is 12.4. The first-order valence-corrected chi connectivity index (χ1v) is 10.4. The van der Waals surface area contributed by atoms with Crippen LogP contribution < -0.4 is 10.5 Å². The zero-order valence-corrected chi connectivity index (χ0v) is 17.6. The first-order chi connectivity index (χ1) is 15.0. The van der Waals surface area contributed by atoms with E-state index in [1.807, 2.05) is 12.1 Å². The summed E-state index contributed by atoms with van der Waals surface area (Å²) in [6.07, 6.45) is 0. The van der Waals surface area contributed by atoms with E-state index in [0.717, 1.165) is 5.39 Å². The van der Waals surface area contributed by atoms with Gasteiger partial charge in [0.15, 0.2) is 5.13 Å². The predicted molar refractivity (Wildman–Crippen MR) is 119 cm³/mol. The molecule has 0 radical (unpaired) electrons. The third kappa shape index (κ3) is 4.10. The van der Waals surface area contributed by atoms with Crippen molar-refractivity contribution in [3.63, 3.8) is 0 Å². The lowest BCUT2D eigenvalue weighted by molar-refractivity contribution is -0.115. The molecule has 2 aromatic carbocycles. The zero-order chi connectivity index (χ0) is 22.0. The largest absolute Gasteiger partial charge is 0.462 e. The highest BCUT2D eigenvalue weighted by molar-refractivity contribution is 7.14. The molecule has 0 N–H and O–H groups in total. The summed E-state index contributed by atoms with van der Waals surface area (Å²) in [6.45, 7) is 3.44. The number of carbonyl (C=O) groups is 2. The van der Waals surface area contributed by atoms with Crippen LogP contribution in [0.5, 0.6) is 0 Å². The zero-order valence-electron chi connectivity index (χ0n) is 16.8. The van der Waals surface area contributed by atoms with Crippen molar-refractivity contribution in [3.8, 4) is 11.3 Å². The third-order valence-electron chi connectivity index (χ3n) is 4.55. The topological polar surface area (TPSA) is 89.7 Å². The minimum Gasteiger partial charge on any atom is -0.462 e. The lowest BCUT2D eigenvalue weighted by Gasteiger charge is -2.18. The molecule has 0 aliphatic heterocycles. The average molecular weight is 434 g/mol. The molecule has 0 atom stereocenters. The molecular weight excluding hydrogens is 416 g/mol. The van der Waals surface area contributed by atoms with E-state index >= 15 is 0 Å². The van der Waals surface area contributed by atoms with Crippen molar-refractivity contribution in [2.24, 2.45) is 0 Å². The summed E-state index contributed by atoms with van der Waals surface area (Å²) in [5.41, 5.74) is 1.69. The number of aromatic nitrogens is 1. The maximum Gasteiger partial charge on any atom is 0.345 e. The molecule has 0 aliphatic carbocycles. The van der Waals surface area contributed by atoms with Gasteiger partial charge in [0.1, 0.15) is 5.58 Å². The van der Waals surface area contributed by atoms with Crippen LogP contribution in [0.3, 0.4) is 0 Å². The maximum atomic E-state index is 12.4. The van der Waals surface area contributed by atoms with Crippen molar-refractivity contribution in [1.82, 2.24) is 4.98 Å². The molecule has 0 bridgehead atoms. The highest BCUT2D eigenvalue weighted by Gasteiger charge is 2.20. The monoisotopic (exact) mass is 434 g/mol. The second-order valence-electron chi connectivity index (χ2n) is 6.62. The molecule has 31 heavy (non-hydrogen) atoms. The Labute approximate surface area is 181 Å². The molecule has 0 saturated heterocycles. The van der Waals surface area contributed by atoms with Gasteiger partial charge < -0.3 is 9.15 Å². The smallest absolute Gasteiger partial charge is 0.345 e. The van der Waals surface area contributed by atoms with Crippen molar-refractivity contribution < 1.29 is 18.7 Å². The Morgan fingerprint density at radius 1 is 1.13 bits per heavy atom. The fourth-order valence-corrected chi connectivity index (χ4v) is 4.01. The van der Waals surface area contributed by atoms with E-state index < -0.39 is 11.6 Å². The molecule has 2 heterocycles. The van der Waals surface area contributed by atoms with Gasteiger partial charge in [-0.25, -0.2) is 14.6 Å². The quantitative estimate of drug-likeness (QED) is 0.332. The van der Waals surface area contributed by atoms with Gasteiger partial charge in [0.2, 0.25) is 5.91 Å². The van der Waals surface area contributed by atoms with Crippen LogP contribution in [-0.4, -0.2) is 23.5 Å². The molecule has 7 nitrogen and oxygen atoms in total. The van der Waals surface area contributed by atoms with Crippen molar-refractivity contribution in [3.05, 3.63) is 76.0 Å². The molecule has 0 saturated carbocycles. The minimum atomic E-state index is -0.497. The van der Waals surface area contributed by atoms with E-state index in [4.69, 9.17) is 9.15 Å². The summed E-state index contributed by atoms with van der Waals surface area (Å²) in [5.74, 6) is -0.682. The number of anilines is 2. The fraction of sp³-hybridized carbons (Fsp3) is 0.130. The second kappa shape index (κ2) is 8.53.